The molecule has 0 bridgehead atoms. The summed E-state index contributed by atoms with van der Waals surface area (Å²) in [6.07, 6.45) is 0. The van der Waals surface area contributed by atoms with Gasteiger partial charge in [0.1, 0.15) is 5.75 Å². The predicted octanol–water partition coefficient (Wildman–Crippen LogP) is 5.82. The highest BCUT2D eigenvalue weighted by molar-refractivity contribution is 8.08. The van der Waals surface area contributed by atoms with Gasteiger partial charge in [0.25, 0.3) is 0 Å². The number of aromatic hydroxyl groups is 1. The van der Waals surface area contributed by atoms with Crippen LogP contribution in [0.2, 0.25) is 0 Å². The molecule has 108 valence electrons. The van der Waals surface area contributed by atoms with Crippen molar-refractivity contribution in [1.82, 2.24) is 0 Å². The summed E-state index contributed by atoms with van der Waals surface area (Å²) in [7, 11) is 0. The van der Waals surface area contributed by atoms with E-state index in [0.717, 1.165) is 21.6 Å². The first-order chi connectivity index (χ1) is 10.7. The second-order valence-corrected chi connectivity index (χ2v) is 6.10. The Morgan fingerprint density at radius 1 is 0.773 bits per heavy atom. The summed E-state index contributed by atoms with van der Waals surface area (Å²) in [5.74, 6) is 0.277. The van der Waals surface area contributed by atoms with Gasteiger partial charge in [-0.25, -0.2) is 0 Å². The van der Waals surface area contributed by atoms with Crippen LogP contribution in [0.3, 0.4) is 0 Å². The number of hydrogen-bond acceptors (Lipinski definition) is 2. The summed E-state index contributed by atoms with van der Waals surface area (Å²) in [5, 5.41) is 9.46. The molecule has 2 heteroatoms. The van der Waals surface area contributed by atoms with E-state index < -0.39 is 0 Å². The van der Waals surface area contributed by atoms with Gasteiger partial charge >= 0.3 is 0 Å². The lowest BCUT2D eigenvalue weighted by Crippen LogP contribution is -1.86. The van der Waals surface area contributed by atoms with Crippen LogP contribution in [0.15, 0.2) is 90.3 Å². The Balaban J connectivity index is 1.94. The molecule has 0 aliphatic carbocycles. The molecule has 0 amide bonds. The summed E-state index contributed by atoms with van der Waals surface area (Å²) >= 11 is 1.66. The zero-order valence-corrected chi connectivity index (χ0v) is 12.9. The Labute approximate surface area is 135 Å². The Hall–Kier alpha value is -2.45. The van der Waals surface area contributed by atoms with E-state index in [2.05, 4.69) is 30.8 Å². The highest BCUT2D eigenvalue weighted by atomic mass is 32.2. The fourth-order valence-corrected chi connectivity index (χ4v) is 3.17. The molecule has 0 unspecified atom stereocenters. The van der Waals surface area contributed by atoms with Crippen LogP contribution >= 0.6 is 11.8 Å². The quantitative estimate of drug-likeness (QED) is 0.613. The van der Waals surface area contributed by atoms with E-state index in [4.69, 9.17) is 0 Å². The highest BCUT2D eigenvalue weighted by Crippen LogP contribution is 2.37. The molecule has 0 heterocycles. The van der Waals surface area contributed by atoms with Crippen LogP contribution in [0, 0.1) is 0 Å². The Morgan fingerprint density at radius 3 is 2.14 bits per heavy atom. The van der Waals surface area contributed by atoms with Crippen molar-refractivity contribution in [2.75, 3.05) is 0 Å². The average Bonchev–Trinajstić information content (AvgIpc) is 2.56. The number of phenols is 1. The Bertz CT molecular complexity index is 776. The van der Waals surface area contributed by atoms with Crippen molar-refractivity contribution in [1.29, 1.82) is 0 Å². The molecule has 0 saturated heterocycles. The van der Waals surface area contributed by atoms with Crippen molar-refractivity contribution < 1.29 is 5.11 Å². The number of phenolic OH excluding ortho intramolecular Hbond substituents is 1. The summed E-state index contributed by atoms with van der Waals surface area (Å²) in [4.78, 5) is 2.18. The smallest absolute Gasteiger partial charge is 0.115 e. The van der Waals surface area contributed by atoms with Gasteiger partial charge in [0.2, 0.25) is 0 Å². The molecule has 22 heavy (non-hydrogen) atoms. The minimum atomic E-state index is 0.277. The van der Waals surface area contributed by atoms with E-state index >= 15 is 0 Å². The normalized spacial score (nSPS) is 10.4. The molecule has 3 aromatic carbocycles. The zero-order valence-electron chi connectivity index (χ0n) is 12.1. The summed E-state index contributed by atoms with van der Waals surface area (Å²) in [6, 6.07) is 25.7. The molecule has 0 aliphatic rings. The molecule has 0 spiro atoms. The van der Waals surface area contributed by atoms with Crippen LogP contribution < -0.4 is 0 Å². The van der Waals surface area contributed by atoms with Gasteiger partial charge in [-0.2, -0.15) is 0 Å². The van der Waals surface area contributed by atoms with E-state index in [0.29, 0.717) is 0 Å². The van der Waals surface area contributed by atoms with Crippen LogP contribution in [0.4, 0.5) is 0 Å². The van der Waals surface area contributed by atoms with Gasteiger partial charge in [0.05, 0.1) is 0 Å². The molecule has 0 saturated carbocycles. The Morgan fingerprint density at radius 2 is 1.41 bits per heavy atom. The number of hydrogen-bond donors (Lipinski definition) is 1. The molecular formula is C20H16OS. The van der Waals surface area contributed by atoms with Gasteiger partial charge < -0.3 is 5.11 Å². The van der Waals surface area contributed by atoms with Crippen molar-refractivity contribution in [3.63, 3.8) is 0 Å². The van der Waals surface area contributed by atoms with Crippen LogP contribution in [0.1, 0.15) is 5.56 Å². The molecule has 0 aliphatic heterocycles. The second-order valence-electron chi connectivity index (χ2n) is 4.93. The molecule has 0 radical (unpaired) electrons. The van der Waals surface area contributed by atoms with Crippen molar-refractivity contribution in [3.05, 3.63) is 91.0 Å². The largest absolute Gasteiger partial charge is 0.508 e. The average molecular weight is 304 g/mol. The zero-order chi connectivity index (χ0) is 15.4. The molecule has 1 N–H and O–H groups in total. The summed E-state index contributed by atoms with van der Waals surface area (Å²) in [6.45, 7) is 4.24. The van der Waals surface area contributed by atoms with Gasteiger partial charge in [0, 0.05) is 9.80 Å². The second kappa shape index (κ2) is 6.54. The molecular weight excluding hydrogens is 288 g/mol. The Kier molecular flexibility index (Phi) is 4.31. The molecule has 3 rings (SSSR count). The van der Waals surface area contributed by atoms with E-state index in [1.807, 2.05) is 42.5 Å². The summed E-state index contributed by atoms with van der Waals surface area (Å²) < 4.78 is 0. The standard InChI is InChI=1S/C20H16OS/c1-15(22-18-7-3-2-4-8-18)19-9-5-6-10-20(19)16-11-13-17(21)14-12-16/h2-14,21H,1H2. The monoisotopic (exact) mass is 304 g/mol. The summed E-state index contributed by atoms with van der Waals surface area (Å²) in [5.41, 5.74) is 3.31. The maximum Gasteiger partial charge on any atom is 0.115 e. The predicted molar refractivity (Wildman–Crippen MR) is 94.9 cm³/mol. The van der Waals surface area contributed by atoms with E-state index in [-0.39, 0.29) is 5.75 Å². The van der Waals surface area contributed by atoms with Crippen LogP contribution in [-0.4, -0.2) is 5.11 Å². The minimum Gasteiger partial charge on any atom is -0.508 e. The lowest BCUT2D eigenvalue weighted by Gasteiger charge is -2.12. The first-order valence-electron chi connectivity index (χ1n) is 7.04. The maximum atomic E-state index is 9.46. The third kappa shape index (κ3) is 3.23. The van der Waals surface area contributed by atoms with Gasteiger partial charge in [0.15, 0.2) is 0 Å². The molecule has 0 aromatic heterocycles. The van der Waals surface area contributed by atoms with Gasteiger partial charge in [-0.1, -0.05) is 72.9 Å². The van der Waals surface area contributed by atoms with Gasteiger partial charge in [-0.15, -0.1) is 0 Å². The first-order valence-corrected chi connectivity index (χ1v) is 7.86. The molecule has 0 atom stereocenters. The lowest BCUT2D eigenvalue weighted by molar-refractivity contribution is 0.475. The minimum absolute atomic E-state index is 0.277. The highest BCUT2D eigenvalue weighted by Gasteiger charge is 2.09. The van der Waals surface area contributed by atoms with E-state index in [9.17, 15) is 5.11 Å². The van der Waals surface area contributed by atoms with Crippen molar-refractivity contribution in [2.24, 2.45) is 0 Å². The maximum absolute atomic E-state index is 9.46. The van der Waals surface area contributed by atoms with Crippen molar-refractivity contribution in [2.45, 2.75) is 4.90 Å². The molecule has 3 aromatic rings. The van der Waals surface area contributed by atoms with Crippen molar-refractivity contribution >= 4 is 16.7 Å². The lowest BCUT2D eigenvalue weighted by atomic mass is 9.99. The van der Waals surface area contributed by atoms with Gasteiger partial charge in [-0.3, -0.25) is 0 Å². The number of thioether (sulfide) groups is 1. The van der Waals surface area contributed by atoms with Gasteiger partial charge in [-0.05, 0) is 41.0 Å². The topological polar surface area (TPSA) is 20.2 Å². The van der Waals surface area contributed by atoms with E-state index in [1.54, 1.807) is 23.9 Å². The van der Waals surface area contributed by atoms with Crippen molar-refractivity contribution in [3.8, 4) is 16.9 Å². The van der Waals surface area contributed by atoms with E-state index in [1.165, 1.54) is 4.90 Å². The SMILES string of the molecule is C=C(Sc1ccccc1)c1ccccc1-c1ccc(O)cc1. The molecule has 1 nitrogen and oxygen atoms in total. The number of rotatable bonds is 4. The van der Waals surface area contributed by atoms with Crippen LogP contribution in [-0.2, 0) is 0 Å². The third-order valence-corrected chi connectivity index (χ3v) is 4.36. The fourth-order valence-electron chi connectivity index (χ4n) is 2.30. The first kappa shape index (κ1) is 14.5. The number of benzene rings is 3. The molecule has 0 fully saturated rings. The third-order valence-electron chi connectivity index (χ3n) is 3.39. The van der Waals surface area contributed by atoms with Crippen LogP contribution in [0.5, 0.6) is 5.75 Å². The fraction of sp³-hybridized carbons (Fsp3) is 0. The van der Waals surface area contributed by atoms with Crippen LogP contribution in [0.25, 0.3) is 16.0 Å².